The van der Waals surface area contributed by atoms with Gasteiger partial charge in [0.2, 0.25) is 5.28 Å². The summed E-state index contributed by atoms with van der Waals surface area (Å²) in [6, 6.07) is 8.26. The Hall–Kier alpha value is -1.35. The number of fused-ring (bicyclic) bond motifs is 1. The summed E-state index contributed by atoms with van der Waals surface area (Å²) in [7, 11) is 2.01. The summed E-state index contributed by atoms with van der Waals surface area (Å²) in [6.45, 7) is 4.23. The molecule has 1 aromatic carbocycles. The maximum atomic E-state index is 5.92. The molecule has 3 nitrogen and oxygen atoms in total. The van der Waals surface area contributed by atoms with Crippen LogP contribution in [0.25, 0.3) is 10.9 Å². The van der Waals surface area contributed by atoms with Crippen LogP contribution in [0, 0.1) is 0 Å². The third kappa shape index (κ3) is 1.95. The van der Waals surface area contributed by atoms with E-state index in [4.69, 9.17) is 11.6 Å². The summed E-state index contributed by atoms with van der Waals surface area (Å²) in [5.41, 5.74) is 0.880. The van der Waals surface area contributed by atoms with Crippen molar-refractivity contribution in [1.82, 2.24) is 9.97 Å². The van der Waals surface area contributed by atoms with Crippen molar-refractivity contribution in [2.45, 2.75) is 19.9 Å². The number of anilines is 1. The summed E-state index contributed by atoms with van der Waals surface area (Å²) in [4.78, 5) is 10.6. The molecule has 0 atom stereocenters. The Morgan fingerprint density at radius 3 is 2.56 bits per heavy atom. The van der Waals surface area contributed by atoms with E-state index in [-0.39, 0.29) is 0 Å². The van der Waals surface area contributed by atoms with E-state index in [1.54, 1.807) is 0 Å². The van der Waals surface area contributed by atoms with E-state index in [2.05, 4.69) is 28.7 Å². The molecule has 0 aliphatic rings. The van der Waals surface area contributed by atoms with Gasteiger partial charge in [-0.25, -0.2) is 4.98 Å². The number of halogens is 1. The molecule has 0 amide bonds. The Balaban J connectivity index is 2.67. The van der Waals surface area contributed by atoms with Crippen LogP contribution in [0.3, 0.4) is 0 Å². The molecule has 0 unspecified atom stereocenters. The molecular weight excluding hydrogens is 222 g/mol. The molecule has 0 saturated carbocycles. The molecule has 2 rings (SSSR count). The fourth-order valence-corrected chi connectivity index (χ4v) is 1.72. The lowest BCUT2D eigenvalue weighted by molar-refractivity contribution is 0.745. The van der Waals surface area contributed by atoms with Crippen molar-refractivity contribution < 1.29 is 0 Å². The highest BCUT2D eigenvalue weighted by molar-refractivity contribution is 6.28. The molecule has 2 aromatic rings. The summed E-state index contributed by atoms with van der Waals surface area (Å²) in [5.74, 6) is 0.880. The van der Waals surface area contributed by atoms with Crippen LogP contribution >= 0.6 is 11.6 Å². The molecule has 0 saturated heterocycles. The van der Waals surface area contributed by atoms with Crippen molar-refractivity contribution in [3.05, 3.63) is 29.5 Å². The van der Waals surface area contributed by atoms with Gasteiger partial charge in [-0.15, -0.1) is 0 Å². The third-order valence-corrected chi connectivity index (χ3v) is 2.83. The molecule has 0 aliphatic carbocycles. The first-order valence-corrected chi connectivity index (χ1v) is 5.62. The Labute approximate surface area is 100 Å². The summed E-state index contributed by atoms with van der Waals surface area (Å²) in [6.07, 6.45) is 0. The molecule has 0 radical (unpaired) electrons. The van der Waals surface area contributed by atoms with Crippen molar-refractivity contribution in [3.8, 4) is 0 Å². The quantitative estimate of drug-likeness (QED) is 0.749. The normalized spacial score (nSPS) is 11.1. The van der Waals surface area contributed by atoms with Crippen molar-refractivity contribution >= 4 is 28.3 Å². The zero-order valence-electron chi connectivity index (χ0n) is 9.61. The number of hydrogen-bond acceptors (Lipinski definition) is 3. The summed E-state index contributed by atoms with van der Waals surface area (Å²) >= 11 is 5.92. The van der Waals surface area contributed by atoms with E-state index >= 15 is 0 Å². The Bertz CT molecular complexity index is 511. The van der Waals surface area contributed by atoms with Gasteiger partial charge in [-0.1, -0.05) is 12.1 Å². The fraction of sp³-hybridized carbons (Fsp3) is 0.333. The van der Waals surface area contributed by atoms with Crippen molar-refractivity contribution in [3.63, 3.8) is 0 Å². The Kier molecular flexibility index (Phi) is 2.97. The number of benzene rings is 1. The van der Waals surface area contributed by atoms with Gasteiger partial charge in [-0.05, 0) is 37.6 Å². The molecule has 4 heteroatoms. The second kappa shape index (κ2) is 4.26. The van der Waals surface area contributed by atoms with Crippen molar-refractivity contribution in [2.24, 2.45) is 0 Å². The second-order valence-electron chi connectivity index (χ2n) is 4.04. The van der Waals surface area contributed by atoms with Gasteiger partial charge in [0, 0.05) is 18.5 Å². The van der Waals surface area contributed by atoms with Crippen molar-refractivity contribution in [1.29, 1.82) is 0 Å². The number of aromatic nitrogens is 2. The first kappa shape index (κ1) is 11.1. The van der Waals surface area contributed by atoms with E-state index in [9.17, 15) is 0 Å². The van der Waals surface area contributed by atoms with Gasteiger partial charge in [0.05, 0.1) is 5.52 Å². The van der Waals surface area contributed by atoms with E-state index in [1.165, 1.54) is 0 Å². The number of para-hydroxylation sites is 1. The van der Waals surface area contributed by atoms with Crippen LogP contribution in [0.4, 0.5) is 5.82 Å². The predicted octanol–water partition coefficient (Wildman–Crippen LogP) is 3.13. The minimum atomic E-state index is 0.293. The SMILES string of the molecule is CC(C)N(C)c1nc(Cl)nc2ccccc12. The summed E-state index contributed by atoms with van der Waals surface area (Å²) in [5, 5.41) is 1.32. The van der Waals surface area contributed by atoms with Gasteiger partial charge < -0.3 is 4.90 Å². The maximum absolute atomic E-state index is 5.92. The average molecular weight is 236 g/mol. The monoisotopic (exact) mass is 235 g/mol. The maximum Gasteiger partial charge on any atom is 0.224 e. The molecule has 0 spiro atoms. The van der Waals surface area contributed by atoms with Gasteiger partial charge in [0.25, 0.3) is 0 Å². The van der Waals surface area contributed by atoms with Crippen LogP contribution in [0.5, 0.6) is 0 Å². The molecule has 0 fully saturated rings. The van der Waals surface area contributed by atoms with E-state index in [0.29, 0.717) is 11.3 Å². The van der Waals surface area contributed by atoms with Crippen LogP contribution in [-0.4, -0.2) is 23.1 Å². The zero-order chi connectivity index (χ0) is 11.7. The molecule has 0 bridgehead atoms. The van der Waals surface area contributed by atoms with Gasteiger partial charge in [0.15, 0.2) is 0 Å². The largest absolute Gasteiger partial charge is 0.357 e. The highest BCUT2D eigenvalue weighted by atomic mass is 35.5. The van der Waals surface area contributed by atoms with Crippen molar-refractivity contribution in [2.75, 3.05) is 11.9 Å². The zero-order valence-corrected chi connectivity index (χ0v) is 10.4. The van der Waals surface area contributed by atoms with Gasteiger partial charge in [-0.3, -0.25) is 0 Å². The van der Waals surface area contributed by atoms with Crippen LogP contribution in [0.2, 0.25) is 5.28 Å². The molecular formula is C12H14ClN3. The molecule has 0 N–H and O–H groups in total. The first-order chi connectivity index (χ1) is 7.59. The lowest BCUT2D eigenvalue weighted by Gasteiger charge is -2.23. The fourth-order valence-electron chi connectivity index (χ4n) is 1.55. The summed E-state index contributed by atoms with van der Waals surface area (Å²) < 4.78 is 0. The first-order valence-electron chi connectivity index (χ1n) is 5.24. The second-order valence-corrected chi connectivity index (χ2v) is 4.38. The smallest absolute Gasteiger partial charge is 0.224 e. The molecule has 16 heavy (non-hydrogen) atoms. The van der Waals surface area contributed by atoms with Crippen LogP contribution in [-0.2, 0) is 0 Å². The van der Waals surface area contributed by atoms with Crippen LogP contribution < -0.4 is 4.90 Å². The van der Waals surface area contributed by atoms with Gasteiger partial charge in [-0.2, -0.15) is 4.98 Å². The highest BCUT2D eigenvalue weighted by Crippen LogP contribution is 2.25. The minimum absolute atomic E-state index is 0.293. The Morgan fingerprint density at radius 2 is 1.88 bits per heavy atom. The Morgan fingerprint density at radius 1 is 1.19 bits per heavy atom. The molecule has 1 aromatic heterocycles. The van der Waals surface area contributed by atoms with E-state index in [0.717, 1.165) is 16.7 Å². The number of nitrogens with zero attached hydrogens (tertiary/aromatic N) is 3. The number of hydrogen-bond donors (Lipinski definition) is 0. The van der Waals surface area contributed by atoms with E-state index in [1.807, 2.05) is 31.3 Å². The van der Waals surface area contributed by atoms with Crippen LogP contribution in [0.15, 0.2) is 24.3 Å². The third-order valence-electron chi connectivity index (χ3n) is 2.66. The van der Waals surface area contributed by atoms with Gasteiger partial charge >= 0.3 is 0 Å². The molecule has 0 aliphatic heterocycles. The minimum Gasteiger partial charge on any atom is -0.357 e. The van der Waals surface area contributed by atoms with Gasteiger partial charge in [0.1, 0.15) is 5.82 Å². The average Bonchev–Trinajstić information content (AvgIpc) is 2.26. The van der Waals surface area contributed by atoms with E-state index < -0.39 is 0 Å². The standard InChI is InChI=1S/C12H14ClN3/c1-8(2)16(3)11-9-6-4-5-7-10(9)14-12(13)15-11/h4-8H,1-3H3. The highest BCUT2D eigenvalue weighted by Gasteiger charge is 2.12. The lowest BCUT2D eigenvalue weighted by Crippen LogP contribution is -2.26. The molecule has 1 heterocycles. The topological polar surface area (TPSA) is 29.0 Å². The van der Waals surface area contributed by atoms with Crippen LogP contribution in [0.1, 0.15) is 13.8 Å². The number of rotatable bonds is 2. The predicted molar refractivity (Wildman–Crippen MR) is 68.1 cm³/mol. The molecule has 84 valence electrons. The lowest BCUT2D eigenvalue weighted by atomic mass is 10.2.